The van der Waals surface area contributed by atoms with E-state index < -0.39 is 0 Å². The van der Waals surface area contributed by atoms with Gasteiger partial charge in [-0.05, 0) is 76.1 Å². The first-order chi connectivity index (χ1) is 12.0. The van der Waals surface area contributed by atoms with E-state index in [-0.39, 0.29) is 24.0 Å². The van der Waals surface area contributed by atoms with E-state index in [2.05, 4.69) is 74.9 Å². The van der Waals surface area contributed by atoms with E-state index in [1.807, 2.05) is 6.07 Å². The molecule has 1 aromatic carbocycles. The molecule has 0 unspecified atom stereocenters. The third-order valence-corrected chi connectivity index (χ3v) is 6.09. The van der Waals surface area contributed by atoms with Crippen molar-refractivity contribution >= 4 is 21.8 Å². The zero-order chi connectivity index (χ0) is 19.5. The minimum atomic E-state index is -0.0315. The lowest BCUT2D eigenvalue weighted by Gasteiger charge is -2.37. The molecule has 1 fully saturated rings. The molecule has 0 aromatic heterocycles. The Morgan fingerprint density at radius 3 is 2.23 bits per heavy atom. The van der Waals surface area contributed by atoms with Crippen LogP contribution in [0, 0.1) is 11.3 Å². The highest BCUT2D eigenvalue weighted by Gasteiger charge is 2.30. The number of carbonyl (C=O) groups excluding carboxylic acids is 1. The number of amides is 1. The van der Waals surface area contributed by atoms with Crippen LogP contribution in [0.15, 0.2) is 22.7 Å². The molecule has 3 nitrogen and oxygen atoms in total. The fourth-order valence-electron chi connectivity index (χ4n) is 3.60. The van der Waals surface area contributed by atoms with Crippen molar-refractivity contribution in [2.75, 3.05) is 6.61 Å². The molecule has 0 bridgehead atoms. The van der Waals surface area contributed by atoms with Crippen LogP contribution in [0.25, 0.3) is 0 Å². The van der Waals surface area contributed by atoms with E-state index >= 15 is 0 Å². The van der Waals surface area contributed by atoms with E-state index in [9.17, 15) is 4.79 Å². The molecular weight excluding hydrogens is 390 g/mol. The van der Waals surface area contributed by atoms with Gasteiger partial charge in [0.1, 0.15) is 5.75 Å². The average Bonchev–Trinajstić information content (AvgIpc) is 2.52. The number of nitrogens with one attached hydrogen (secondary N) is 1. The summed E-state index contributed by atoms with van der Waals surface area (Å²) in [6.07, 6.45) is 4.51. The Labute approximate surface area is 167 Å². The van der Waals surface area contributed by atoms with Crippen molar-refractivity contribution in [3.8, 4) is 5.75 Å². The summed E-state index contributed by atoms with van der Waals surface area (Å²) in [4.78, 5) is 12.2. The highest BCUT2D eigenvalue weighted by atomic mass is 79.9. The molecule has 4 heteroatoms. The van der Waals surface area contributed by atoms with Gasteiger partial charge in [0.25, 0.3) is 5.91 Å². The van der Waals surface area contributed by atoms with Crippen molar-refractivity contribution in [3.63, 3.8) is 0 Å². The van der Waals surface area contributed by atoms with E-state index in [4.69, 9.17) is 4.74 Å². The first-order valence-corrected chi connectivity index (χ1v) is 10.5. The smallest absolute Gasteiger partial charge is 0.258 e. The van der Waals surface area contributed by atoms with Gasteiger partial charge >= 0.3 is 0 Å². The van der Waals surface area contributed by atoms with Crippen LogP contribution in [0.5, 0.6) is 5.75 Å². The molecule has 0 radical (unpaired) electrons. The molecule has 1 aromatic rings. The molecule has 146 valence electrons. The van der Waals surface area contributed by atoms with Crippen molar-refractivity contribution < 1.29 is 9.53 Å². The van der Waals surface area contributed by atoms with Crippen LogP contribution in [-0.2, 0) is 10.2 Å². The Morgan fingerprint density at radius 2 is 1.73 bits per heavy atom. The van der Waals surface area contributed by atoms with Crippen LogP contribution in [0.1, 0.15) is 72.8 Å². The van der Waals surface area contributed by atoms with E-state index in [1.165, 1.54) is 18.4 Å². The topological polar surface area (TPSA) is 38.3 Å². The normalized spacial score (nSPS) is 21.3. The average molecular weight is 424 g/mol. The van der Waals surface area contributed by atoms with Gasteiger partial charge in [0.2, 0.25) is 0 Å². The van der Waals surface area contributed by atoms with Crippen LogP contribution in [0.2, 0.25) is 0 Å². The zero-order valence-corrected chi connectivity index (χ0v) is 18.7. The monoisotopic (exact) mass is 423 g/mol. The number of ether oxygens (including phenoxy) is 1. The van der Waals surface area contributed by atoms with Crippen LogP contribution in [-0.4, -0.2) is 18.6 Å². The molecule has 1 N–H and O–H groups in total. The predicted molar refractivity (Wildman–Crippen MR) is 112 cm³/mol. The van der Waals surface area contributed by atoms with Crippen molar-refractivity contribution in [2.24, 2.45) is 11.3 Å². The molecule has 0 aliphatic heterocycles. The molecule has 1 amide bonds. The number of benzene rings is 1. The summed E-state index contributed by atoms with van der Waals surface area (Å²) in [5.41, 5.74) is 1.69. The summed E-state index contributed by atoms with van der Waals surface area (Å²) < 4.78 is 6.62. The summed E-state index contributed by atoms with van der Waals surface area (Å²) in [7, 11) is 0. The third-order valence-electron chi connectivity index (χ3n) is 5.47. The van der Waals surface area contributed by atoms with Crippen molar-refractivity contribution in [2.45, 2.75) is 78.7 Å². The van der Waals surface area contributed by atoms with Crippen LogP contribution in [0.4, 0.5) is 0 Å². The van der Waals surface area contributed by atoms with Gasteiger partial charge in [-0.3, -0.25) is 4.79 Å². The minimum absolute atomic E-state index is 0.0315. The zero-order valence-electron chi connectivity index (χ0n) is 17.1. The maximum Gasteiger partial charge on any atom is 0.258 e. The van der Waals surface area contributed by atoms with Gasteiger partial charge in [0, 0.05) is 6.04 Å². The standard InChI is InChI=1S/C22H34BrNO2/c1-21(2,3)15-7-10-17(11-8-15)24-20(25)14-26-19-12-9-16(13-18(19)23)22(4,5)6/h9,12-13,15,17H,7-8,10-11,14H2,1-6H3,(H,24,25). The Bertz CT molecular complexity index is 620. The molecule has 0 heterocycles. The minimum Gasteiger partial charge on any atom is -0.483 e. The number of hydrogen-bond acceptors (Lipinski definition) is 2. The second kappa shape index (κ2) is 8.33. The van der Waals surface area contributed by atoms with Gasteiger partial charge < -0.3 is 10.1 Å². The largest absolute Gasteiger partial charge is 0.483 e. The summed E-state index contributed by atoms with van der Waals surface area (Å²) in [6.45, 7) is 13.5. The fourth-order valence-corrected chi connectivity index (χ4v) is 4.09. The van der Waals surface area contributed by atoms with Crippen LogP contribution in [0.3, 0.4) is 0 Å². The molecule has 0 saturated heterocycles. The molecule has 0 atom stereocenters. The van der Waals surface area contributed by atoms with E-state index in [1.54, 1.807) is 0 Å². The summed E-state index contributed by atoms with van der Waals surface area (Å²) in [5.74, 6) is 1.43. The Morgan fingerprint density at radius 1 is 1.12 bits per heavy atom. The predicted octanol–water partition coefficient (Wildman–Crippen LogP) is 5.85. The SMILES string of the molecule is CC(C)(C)c1ccc(OCC(=O)NC2CCC(C(C)(C)C)CC2)c(Br)c1. The quantitative estimate of drug-likeness (QED) is 0.659. The summed E-state index contributed by atoms with van der Waals surface area (Å²) in [6, 6.07) is 6.36. The first-order valence-electron chi connectivity index (χ1n) is 9.69. The molecule has 0 spiro atoms. The second-order valence-electron chi connectivity index (χ2n) is 9.67. The second-order valence-corrected chi connectivity index (χ2v) is 10.5. The number of halogens is 1. The first kappa shape index (κ1) is 21.3. The van der Waals surface area contributed by atoms with Gasteiger partial charge in [0.15, 0.2) is 6.61 Å². The van der Waals surface area contributed by atoms with Crippen molar-refractivity contribution in [1.29, 1.82) is 0 Å². The molecule has 1 aliphatic carbocycles. The van der Waals surface area contributed by atoms with E-state index in [0.29, 0.717) is 11.2 Å². The van der Waals surface area contributed by atoms with E-state index in [0.717, 1.165) is 23.2 Å². The molecule has 1 aliphatic rings. The highest BCUT2D eigenvalue weighted by Crippen LogP contribution is 2.37. The molecule has 2 rings (SSSR count). The van der Waals surface area contributed by atoms with Gasteiger partial charge in [-0.25, -0.2) is 0 Å². The van der Waals surface area contributed by atoms with Crippen LogP contribution >= 0.6 is 15.9 Å². The lowest BCUT2D eigenvalue weighted by Crippen LogP contribution is -2.41. The Hall–Kier alpha value is -1.03. The van der Waals surface area contributed by atoms with Crippen molar-refractivity contribution in [1.82, 2.24) is 5.32 Å². The molecule has 1 saturated carbocycles. The van der Waals surface area contributed by atoms with Gasteiger partial charge in [0.05, 0.1) is 4.47 Å². The Balaban J connectivity index is 1.81. The number of rotatable bonds is 4. The van der Waals surface area contributed by atoms with Gasteiger partial charge in [-0.15, -0.1) is 0 Å². The van der Waals surface area contributed by atoms with Crippen molar-refractivity contribution in [3.05, 3.63) is 28.2 Å². The Kier molecular flexibility index (Phi) is 6.81. The highest BCUT2D eigenvalue weighted by molar-refractivity contribution is 9.10. The van der Waals surface area contributed by atoms with Crippen LogP contribution < -0.4 is 10.1 Å². The maximum atomic E-state index is 12.2. The van der Waals surface area contributed by atoms with Gasteiger partial charge in [-0.1, -0.05) is 47.6 Å². The molecule has 26 heavy (non-hydrogen) atoms. The lowest BCUT2D eigenvalue weighted by molar-refractivity contribution is -0.124. The summed E-state index contributed by atoms with van der Waals surface area (Å²) in [5, 5.41) is 3.14. The third kappa shape index (κ3) is 6.00. The molecular formula is C22H34BrNO2. The summed E-state index contributed by atoms with van der Waals surface area (Å²) >= 11 is 3.56. The maximum absolute atomic E-state index is 12.2. The number of carbonyl (C=O) groups is 1. The fraction of sp³-hybridized carbons (Fsp3) is 0.682. The van der Waals surface area contributed by atoms with Gasteiger partial charge in [-0.2, -0.15) is 0 Å². The lowest BCUT2D eigenvalue weighted by atomic mass is 9.71. The number of hydrogen-bond donors (Lipinski definition) is 1.